The molecule has 2 rings (SSSR count). The van der Waals surface area contributed by atoms with Crippen LogP contribution in [0, 0.1) is 11.8 Å². The Bertz CT molecular complexity index is 525. The smallest absolute Gasteiger partial charge is 0.309 e. The van der Waals surface area contributed by atoms with Crippen LogP contribution in [-0.4, -0.2) is 32.8 Å². The van der Waals surface area contributed by atoms with Gasteiger partial charge >= 0.3 is 11.9 Å². The Hall–Kier alpha value is -2.04. The molecule has 5 heteroatoms. The fraction of sp³-hybridized carbons (Fsp3) is 0.500. The number of rotatable bonds is 4. The molecule has 0 saturated carbocycles. The maximum Gasteiger partial charge on any atom is 0.309 e. The summed E-state index contributed by atoms with van der Waals surface area (Å²) in [5, 5.41) is 0. The van der Waals surface area contributed by atoms with Gasteiger partial charge in [-0.1, -0.05) is 25.1 Å². The van der Waals surface area contributed by atoms with E-state index >= 15 is 0 Å². The first-order chi connectivity index (χ1) is 10.1. The van der Waals surface area contributed by atoms with Gasteiger partial charge in [-0.25, -0.2) is 0 Å². The first kappa shape index (κ1) is 15.4. The third-order valence-corrected chi connectivity index (χ3v) is 4.01. The Morgan fingerprint density at radius 3 is 2.67 bits per heavy atom. The van der Waals surface area contributed by atoms with Gasteiger partial charge in [0, 0.05) is 11.8 Å². The van der Waals surface area contributed by atoms with Gasteiger partial charge in [0.25, 0.3) is 0 Å². The van der Waals surface area contributed by atoms with E-state index in [-0.39, 0.29) is 36.1 Å². The van der Waals surface area contributed by atoms with Gasteiger partial charge in [-0.3, -0.25) is 9.59 Å². The van der Waals surface area contributed by atoms with Gasteiger partial charge in [0.2, 0.25) is 0 Å². The quantitative estimate of drug-likeness (QED) is 0.796. The molecular formula is C16H20O5. The van der Waals surface area contributed by atoms with E-state index in [2.05, 4.69) is 0 Å². The van der Waals surface area contributed by atoms with Crippen LogP contribution in [0.2, 0.25) is 0 Å². The molecule has 21 heavy (non-hydrogen) atoms. The van der Waals surface area contributed by atoms with Crippen molar-refractivity contribution in [1.29, 1.82) is 0 Å². The standard InChI is InChI=1S/C16H20O5/c1-10(16(18)20-3)15-11(8-14(17)19-2)9-21-13-7-5-4-6-12(13)15/h4-7,10-11,15H,8-9H2,1-3H3/t10?,11-,15-/m0/s1. The zero-order valence-corrected chi connectivity index (χ0v) is 12.5. The highest BCUT2D eigenvalue weighted by Crippen LogP contribution is 2.43. The maximum atomic E-state index is 11.9. The average Bonchev–Trinajstić information content (AvgIpc) is 2.53. The lowest BCUT2D eigenvalue weighted by Gasteiger charge is -2.35. The van der Waals surface area contributed by atoms with Crippen molar-refractivity contribution in [2.75, 3.05) is 20.8 Å². The van der Waals surface area contributed by atoms with Crippen molar-refractivity contribution in [3.05, 3.63) is 29.8 Å². The molecule has 0 bridgehead atoms. The van der Waals surface area contributed by atoms with Crippen molar-refractivity contribution in [3.8, 4) is 5.75 Å². The van der Waals surface area contributed by atoms with Crippen LogP contribution in [0.1, 0.15) is 24.8 Å². The molecule has 5 nitrogen and oxygen atoms in total. The van der Waals surface area contributed by atoms with E-state index in [9.17, 15) is 9.59 Å². The van der Waals surface area contributed by atoms with Crippen LogP contribution >= 0.6 is 0 Å². The van der Waals surface area contributed by atoms with Gasteiger partial charge in [-0.2, -0.15) is 0 Å². The molecule has 1 aliphatic rings. The van der Waals surface area contributed by atoms with Crippen LogP contribution in [0.5, 0.6) is 5.75 Å². The summed E-state index contributed by atoms with van der Waals surface area (Å²) < 4.78 is 15.3. The first-order valence-electron chi connectivity index (χ1n) is 6.94. The molecule has 1 heterocycles. The second kappa shape index (κ2) is 6.61. The number of benzene rings is 1. The van der Waals surface area contributed by atoms with E-state index < -0.39 is 0 Å². The molecule has 0 fully saturated rings. The van der Waals surface area contributed by atoms with E-state index in [1.54, 1.807) is 0 Å². The largest absolute Gasteiger partial charge is 0.493 e. The molecule has 0 N–H and O–H groups in total. The molecule has 0 radical (unpaired) electrons. The summed E-state index contributed by atoms with van der Waals surface area (Å²) in [6, 6.07) is 7.60. The van der Waals surface area contributed by atoms with Crippen LogP contribution < -0.4 is 4.74 Å². The Kier molecular flexibility index (Phi) is 4.83. The summed E-state index contributed by atoms with van der Waals surface area (Å²) in [5.41, 5.74) is 0.940. The lowest BCUT2D eigenvalue weighted by atomic mass is 9.75. The van der Waals surface area contributed by atoms with E-state index in [1.165, 1.54) is 14.2 Å². The van der Waals surface area contributed by atoms with Crippen molar-refractivity contribution in [2.24, 2.45) is 11.8 Å². The van der Waals surface area contributed by atoms with E-state index in [1.807, 2.05) is 31.2 Å². The summed E-state index contributed by atoms with van der Waals surface area (Å²) in [6.45, 7) is 2.21. The fourth-order valence-electron chi connectivity index (χ4n) is 2.94. The van der Waals surface area contributed by atoms with E-state index in [4.69, 9.17) is 14.2 Å². The SMILES string of the molecule is COC(=O)C[C@H]1COc2ccccc2[C@H]1C(C)C(=O)OC. The summed E-state index contributed by atoms with van der Waals surface area (Å²) in [7, 11) is 2.73. The molecule has 1 aromatic rings. The maximum absolute atomic E-state index is 11.9. The topological polar surface area (TPSA) is 61.8 Å². The molecule has 0 aliphatic carbocycles. The average molecular weight is 292 g/mol. The van der Waals surface area contributed by atoms with Gasteiger partial charge in [0.05, 0.1) is 33.2 Å². The van der Waals surface area contributed by atoms with Crippen LogP contribution in [-0.2, 0) is 19.1 Å². The number of ether oxygens (including phenoxy) is 3. The number of fused-ring (bicyclic) bond motifs is 1. The molecule has 3 atom stereocenters. The molecule has 0 saturated heterocycles. The molecule has 0 spiro atoms. The summed E-state index contributed by atoms with van der Waals surface area (Å²) >= 11 is 0. The van der Waals surface area contributed by atoms with Crippen LogP contribution in [0.3, 0.4) is 0 Å². The summed E-state index contributed by atoms with van der Waals surface area (Å²) in [5.74, 6) is -0.409. The van der Waals surface area contributed by atoms with Crippen LogP contribution in [0.4, 0.5) is 0 Å². The third kappa shape index (κ3) is 3.17. The molecular weight excluding hydrogens is 272 g/mol. The predicted octanol–water partition coefficient (Wildman–Crippen LogP) is 2.15. The number of methoxy groups -OCH3 is 2. The zero-order valence-electron chi connectivity index (χ0n) is 12.5. The highest BCUT2D eigenvalue weighted by atomic mass is 16.5. The van der Waals surface area contributed by atoms with Gasteiger partial charge < -0.3 is 14.2 Å². The molecule has 1 aromatic carbocycles. The fourth-order valence-corrected chi connectivity index (χ4v) is 2.94. The summed E-state index contributed by atoms with van der Waals surface area (Å²) in [4.78, 5) is 23.5. The minimum Gasteiger partial charge on any atom is -0.493 e. The minimum absolute atomic E-state index is 0.110. The van der Waals surface area contributed by atoms with Crippen molar-refractivity contribution >= 4 is 11.9 Å². The highest BCUT2D eigenvalue weighted by molar-refractivity contribution is 5.74. The molecule has 1 unspecified atom stereocenters. The lowest BCUT2D eigenvalue weighted by Crippen LogP contribution is -2.35. The van der Waals surface area contributed by atoms with Gasteiger partial charge in [-0.15, -0.1) is 0 Å². The van der Waals surface area contributed by atoms with Gasteiger partial charge in [0.1, 0.15) is 5.75 Å². The lowest BCUT2D eigenvalue weighted by molar-refractivity contribution is -0.148. The van der Waals surface area contributed by atoms with Gasteiger partial charge in [-0.05, 0) is 11.6 Å². The Morgan fingerprint density at radius 1 is 1.29 bits per heavy atom. The number of carbonyl (C=O) groups is 2. The number of para-hydroxylation sites is 1. The molecule has 114 valence electrons. The van der Waals surface area contributed by atoms with E-state index in [0.717, 1.165) is 11.3 Å². The van der Waals surface area contributed by atoms with Crippen molar-refractivity contribution in [2.45, 2.75) is 19.3 Å². The Labute approximate surface area is 124 Å². The van der Waals surface area contributed by atoms with Crippen molar-refractivity contribution in [3.63, 3.8) is 0 Å². The molecule has 0 aromatic heterocycles. The van der Waals surface area contributed by atoms with E-state index in [0.29, 0.717) is 6.61 Å². The monoisotopic (exact) mass is 292 g/mol. The Morgan fingerprint density at radius 2 is 2.00 bits per heavy atom. The first-order valence-corrected chi connectivity index (χ1v) is 6.94. The zero-order chi connectivity index (χ0) is 15.4. The number of hydrogen-bond donors (Lipinski definition) is 0. The van der Waals surface area contributed by atoms with Crippen LogP contribution in [0.25, 0.3) is 0 Å². The second-order valence-electron chi connectivity index (χ2n) is 5.23. The second-order valence-corrected chi connectivity index (χ2v) is 5.23. The minimum atomic E-state index is -0.352. The van der Waals surface area contributed by atoms with Crippen molar-refractivity contribution < 1.29 is 23.8 Å². The summed E-state index contributed by atoms with van der Waals surface area (Å²) in [6.07, 6.45) is 0.219. The third-order valence-electron chi connectivity index (χ3n) is 4.01. The molecule has 0 amide bonds. The number of hydrogen-bond acceptors (Lipinski definition) is 5. The highest BCUT2D eigenvalue weighted by Gasteiger charge is 2.39. The number of esters is 2. The normalized spacial score (nSPS) is 21.7. The molecule has 1 aliphatic heterocycles. The van der Waals surface area contributed by atoms with Crippen LogP contribution in [0.15, 0.2) is 24.3 Å². The predicted molar refractivity (Wildman–Crippen MR) is 76.0 cm³/mol. The van der Waals surface area contributed by atoms with Crippen molar-refractivity contribution in [1.82, 2.24) is 0 Å². The van der Waals surface area contributed by atoms with Gasteiger partial charge in [0.15, 0.2) is 0 Å². The Balaban J connectivity index is 2.34. The number of carbonyl (C=O) groups excluding carboxylic acids is 2.